The van der Waals surface area contributed by atoms with Crippen molar-refractivity contribution in [2.24, 2.45) is 0 Å². The summed E-state index contributed by atoms with van der Waals surface area (Å²) in [6.07, 6.45) is 0. The zero-order valence-electron chi connectivity index (χ0n) is 12.6. The van der Waals surface area contributed by atoms with Crippen molar-refractivity contribution in [3.63, 3.8) is 0 Å². The van der Waals surface area contributed by atoms with Crippen LogP contribution in [0.25, 0.3) is 0 Å². The predicted octanol–water partition coefficient (Wildman–Crippen LogP) is 3.04. The number of methoxy groups -OCH3 is 1. The van der Waals surface area contributed by atoms with Crippen LogP contribution in [0.3, 0.4) is 0 Å². The summed E-state index contributed by atoms with van der Waals surface area (Å²) in [5.41, 5.74) is 2.66. The van der Waals surface area contributed by atoms with E-state index >= 15 is 0 Å². The lowest BCUT2D eigenvalue weighted by Gasteiger charge is -2.31. The van der Waals surface area contributed by atoms with E-state index in [1.54, 1.807) is 7.11 Å². The number of hydrogen-bond acceptors (Lipinski definition) is 3. The highest BCUT2D eigenvalue weighted by Crippen LogP contribution is 2.32. The second kappa shape index (κ2) is 5.51. The third-order valence-electron chi connectivity index (χ3n) is 3.61. The predicted molar refractivity (Wildman–Crippen MR) is 77.9 cm³/mol. The van der Waals surface area contributed by atoms with Crippen LogP contribution >= 0.6 is 0 Å². The minimum Gasteiger partial charge on any atom is -0.496 e. The largest absolute Gasteiger partial charge is 0.496 e. The first-order valence-electron chi connectivity index (χ1n) is 6.94. The third kappa shape index (κ3) is 3.28. The molecule has 1 aliphatic heterocycles. The van der Waals surface area contributed by atoms with Crippen molar-refractivity contribution in [3.05, 3.63) is 29.3 Å². The minimum atomic E-state index is 0.141. The molecule has 1 aliphatic rings. The van der Waals surface area contributed by atoms with Gasteiger partial charge in [0.1, 0.15) is 5.75 Å². The van der Waals surface area contributed by atoms with Crippen LogP contribution in [0, 0.1) is 0 Å². The Morgan fingerprint density at radius 2 is 2.00 bits per heavy atom. The maximum Gasteiger partial charge on any atom is 0.123 e. The van der Waals surface area contributed by atoms with Crippen LogP contribution in [0.1, 0.15) is 44.9 Å². The SMILES string of the molecule is COc1ccc(C(C)(C)C)cc1C1COCC(C)N1. The molecule has 1 fully saturated rings. The minimum absolute atomic E-state index is 0.141. The lowest BCUT2D eigenvalue weighted by molar-refractivity contribution is 0.0496. The molecule has 0 spiro atoms. The molecule has 19 heavy (non-hydrogen) atoms. The van der Waals surface area contributed by atoms with E-state index in [0.29, 0.717) is 12.6 Å². The van der Waals surface area contributed by atoms with Gasteiger partial charge in [-0.1, -0.05) is 26.8 Å². The number of ether oxygens (including phenoxy) is 2. The number of hydrogen-bond donors (Lipinski definition) is 1. The van der Waals surface area contributed by atoms with Gasteiger partial charge in [-0.05, 0) is 30.0 Å². The first kappa shape index (κ1) is 14.4. The summed E-state index contributed by atoms with van der Waals surface area (Å²) in [7, 11) is 1.72. The van der Waals surface area contributed by atoms with E-state index < -0.39 is 0 Å². The summed E-state index contributed by atoms with van der Waals surface area (Å²) in [6.45, 7) is 10.3. The smallest absolute Gasteiger partial charge is 0.123 e. The molecule has 1 aromatic carbocycles. The zero-order valence-corrected chi connectivity index (χ0v) is 12.6. The van der Waals surface area contributed by atoms with Crippen LogP contribution in [0.4, 0.5) is 0 Å². The fourth-order valence-electron chi connectivity index (χ4n) is 2.46. The Morgan fingerprint density at radius 3 is 2.58 bits per heavy atom. The Kier molecular flexibility index (Phi) is 4.16. The molecule has 0 radical (unpaired) electrons. The van der Waals surface area contributed by atoms with E-state index in [-0.39, 0.29) is 11.5 Å². The van der Waals surface area contributed by atoms with Crippen LogP contribution in [0.15, 0.2) is 18.2 Å². The maximum atomic E-state index is 5.66. The van der Waals surface area contributed by atoms with E-state index in [4.69, 9.17) is 9.47 Å². The van der Waals surface area contributed by atoms with Gasteiger partial charge in [-0.15, -0.1) is 0 Å². The van der Waals surface area contributed by atoms with Crippen molar-refractivity contribution in [2.75, 3.05) is 20.3 Å². The van der Waals surface area contributed by atoms with Crippen LogP contribution in [-0.2, 0) is 10.2 Å². The van der Waals surface area contributed by atoms with Crippen molar-refractivity contribution in [3.8, 4) is 5.75 Å². The van der Waals surface area contributed by atoms with Crippen molar-refractivity contribution < 1.29 is 9.47 Å². The number of benzene rings is 1. The third-order valence-corrected chi connectivity index (χ3v) is 3.61. The van der Waals surface area contributed by atoms with E-state index in [0.717, 1.165) is 12.4 Å². The number of morpholine rings is 1. The molecule has 3 nitrogen and oxygen atoms in total. The Bertz CT molecular complexity index is 437. The second-order valence-electron chi connectivity index (χ2n) is 6.36. The van der Waals surface area contributed by atoms with Crippen LogP contribution in [0.5, 0.6) is 5.75 Å². The average Bonchev–Trinajstić information content (AvgIpc) is 2.37. The molecule has 0 bridgehead atoms. The van der Waals surface area contributed by atoms with Gasteiger partial charge in [-0.25, -0.2) is 0 Å². The molecule has 1 saturated heterocycles. The normalized spacial score (nSPS) is 24.3. The van der Waals surface area contributed by atoms with E-state index in [1.165, 1.54) is 11.1 Å². The molecule has 3 heteroatoms. The maximum absolute atomic E-state index is 5.66. The van der Waals surface area contributed by atoms with E-state index in [9.17, 15) is 0 Å². The molecule has 0 aromatic heterocycles. The molecule has 0 amide bonds. The Balaban J connectivity index is 2.35. The van der Waals surface area contributed by atoms with Gasteiger partial charge in [0.15, 0.2) is 0 Å². The first-order chi connectivity index (χ1) is 8.91. The summed E-state index contributed by atoms with van der Waals surface area (Å²) in [5, 5.41) is 3.58. The van der Waals surface area contributed by atoms with Crippen molar-refractivity contribution >= 4 is 0 Å². The van der Waals surface area contributed by atoms with Crippen LogP contribution in [-0.4, -0.2) is 26.4 Å². The summed E-state index contributed by atoms with van der Waals surface area (Å²) < 4.78 is 11.2. The first-order valence-corrected chi connectivity index (χ1v) is 6.94. The van der Waals surface area contributed by atoms with Gasteiger partial charge < -0.3 is 14.8 Å². The monoisotopic (exact) mass is 263 g/mol. The van der Waals surface area contributed by atoms with Gasteiger partial charge in [0.05, 0.1) is 26.4 Å². The van der Waals surface area contributed by atoms with Gasteiger partial charge in [-0.2, -0.15) is 0 Å². The Hall–Kier alpha value is -1.06. The quantitative estimate of drug-likeness (QED) is 0.889. The Morgan fingerprint density at radius 1 is 1.26 bits per heavy atom. The molecule has 106 valence electrons. The highest BCUT2D eigenvalue weighted by atomic mass is 16.5. The zero-order chi connectivity index (χ0) is 14.0. The standard InChI is InChI=1S/C16H25NO2/c1-11-9-19-10-14(17-11)13-8-12(16(2,3)4)6-7-15(13)18-5/h6-8,11,14,17H,9-10H2,1-5H3. The van der Waals surface area contributed by atoms with E-state index in [1.807, 2.05) is 0 Å². The lowest BCUT2D eigenvalue weighted by atomic mass is 9.85. The second-order valence-corrected chi connectivity index (χ2v) is 6.36. The molecule has 2 rings (SSSR count). The van der Waals surface area contributed by atoms with Crippen LogP contribution in [0.2, 0.25) is 0 Å². The Labute approximate surface area is 116 Å². The van der Waals surface area contributed by atoms with Gasteiger partial charge in [0.2, 0.25) is 0 Å². The summed E-state index contributed by atoms with van der Waals surface area (Å²) in [4.78, 5) is 0. The highest BCUT2D eigenvalue weighted by Gasteiger charge is 2.24. The van der Waals surface area contributed by atoms with Gasteiger partial charge >= 0.3 is 0 Å². The molecule has 2 unspecified atom stereocenters. The topological polar surface area (TPSA) is 30.5 Å². The van der Waals surface area contributed by atoms with Crippen molar-refractivity contribution in [2.45, 2.75) is 45.2 Å². The molecule has 0 saturated carbocycles. The van der Waals surface area contributed by atoms with Gasteiger partial charge in [-0.3, -0.25) is 0 Å². The molecule has 1 aromatic rings. The summed E-state index contributed by atoms with van der Waals surface area (Å²) in [5.74, 6) is 0.934. The van der Waals surface area contributed by atoms with E-state index in [2.05, 4.69) is 51.2 Å². The van der Waals surface area contributed by atoms with Crippen molar-refractivity contribution in [1.82, 2.24) is 5.32 Å². The van der Waals surface area contributed by atoms with Crippen molar-refractivity contribution in [1.29, 1.82) is 0 Å². The highest BCUT2D eigenvalue weighted by molar-refractivity contribution is 5.42. The molecule has 0 aliphatic carbocycles. The lowest BCUT2D eigenvalue weighted by Crippen LogP contribution is -2.41. The molecule has 1 heterocycles. The molecule has 2 atom stereocenters. The molecule has 1 N–H and O–H groups in total. The average molecular weight is 263 g/mol. The number of rotatable bonds is 2. The fraction of sp³-hybridized carbons (Fsp3) is 0.625. The molecular weight excluding hydrogens is 238 g/mol. The summed E-state index contributed by atoms with van der Waals surface area (Å²) in [6, 6.07) is 7.05. The number of nitrogens with one attached hydrogen (secondary N) is 1. The molecular formula is C16H25NO2. The fourth-order valence-corrected chi connectivity index (χ4v) is 2.46. The summed E-state index contributed by atoms with van der Waals surface area (Å²) >= 11 is 0. The van der Waals surface area contributed by atoms with Crippen LogP contribution < -0.4 is 10.1 Å². The van der Waals surface area contributed by atoms with Gasteiger partial charge in [0, 0.05) is 11.6 Å². The van der Waals surface area contributed by atoms with Gasteiger partial charge in [0.25, 0.3) is 0 Å².